The minimum atomic E-state index is 0.938. The highest BCUT2D eigenvalue weighted by atomic mass is 14.6. The fourth-order valence-electron chi connectivity index (χ4n) is 3.10. The molecule has 0 aliphatic rings. The second kappa shape index (κ2) is 7.75. The molecular weight excluding hydrogens is 316 g/mol. The summed E-state index contributed by atoms with van der Waals surface area (Å²) in [4.78, 5) is 8.14. The van der Waals surface area contributed by atoms with Gasteiger partial charge in [-0.15, -0.1) is 0 Å². The zero-order valence-electron chi connectivity index (χ0n) is 14.5. The summed E-state index contributed by atoms with van der Waals surface area (Å²) in [6, 6.07) is 25.9. The number of nitrogens with zero attached hydrogens (tertiary/aromatic N) is 2. The molecule has 0 spiro atoms. The van der Waals surface area contributed by atoms with Gasteiger partial charge in [0.1, 0.15) is 0 Å². The van der Waals surface area contributed by atoms with Crippen LogP contribution in [0, 0.1) is 0 Å². The third kappa shape index (κ3) is 4.04. The van der Waals surface area contributed by atoms with Crippen molar-refractivity contribution in [2.75, 3.05) is 0 Å². The second-order valence-electron chi connectivity index (χ2n) is 6.46. The highest BCUT2D eigenvalue weighted by Gasteiger charge is 2.01. The lowest BCUT2D eigenvalue weighted by molar-refractivity contribution is 1.16. The molecule has 2 aromatic carbocycles. The molecule has 4 rings (SSSR count). The van der Waals surface area contributed by atoms with Crippen molar-refractivity contribution in [1.29, 1.82) is 0 Å². The van der Waals surface area contributed by atoms with Crippen molar-refractivity contribution in [3.8, 4) is 11.1 Å². The quantitative estimate of drug-likeness (QED) is 0.492. The molecular formula is C24H20N2. The third-order valence-corrected chi connectivity index (χ3v) is 4.56. The first-order chi connectivity index (χ1) is 12.9. The maximum atomic E-state index is 4.07. The first-order valence-corrected chi connectivity index (χ1v) is 8.83. The Kier molecular flexibility index (Phi) is 4.83. The molecule has 0 saturated carbocycles. The van der Waals surface area contributed by atoms with Crippen LogP contribution in [0.25, 0.3) is 11.1 Å². The molecule has 0 aliphatic heterocycles. The molecule has 0 amide bonds. The summed E-state index contributed by atoms with van der Waals surface area (Å²) in [6.45, 7) is 0. The Labute approximate surface area is 154 Å². The molecule has 0 saturated heterocycles. The highest BCUT2D eigenvalue weighted by molar-refractivity contribution is 5.64. The van der Waals surface area contributed by atoms with Gasteiger partial charge in [-0.25, -0.2) is 0 Å². The maximum Gasteiger partial charge on any atom is 0.0270 e. The summed E-state index contributed by atoms with van der Waals surface area (Å²) in [7, 11) is 0. The number of benzene rings is 2. The van der Waals surface area contributed by atoms with E-state index < -0.39 is 0 Å². The van der Waals surface area contributed by atoms with E-state index in [2.05, 4.69) is 82.8 Å². The Balaban J connectivity index is 1.45. The fraction of sp³-hybridized carbons (Fsp3) is 0.0833. The monoisotopic (exact) mass is 336 g/mol. The number of hydrogen-bond donors (Lipinski definition) is 0. The topological polar surface area (TPSA) is 25.8 Å². The van der Waals surface area contributed by atoms with Gasteiger partial charge in [0.05, 0.1) is 0 Å². The fourth-order valence-corrected chi connectivity index (χ4v) is 3.10. The minimum absolute atomic E-state index is 0.938. The molecule has 126 valence electrons. The van der Waals surface area contributed by atoms with Crippen molar-refractivity contribution < 1.29 is 0 Å². The summed E-state index contributed by atoms with van der Waals surface area (Å²) < 4.78 is 0. The standard InChI is InChI=1S/C24H20N2/c1-5-23(6-2-19(1)17-21-9-13-25-14-10-21)24-7-3-20(4-8-24)18-22-11-15-26-16-12-22/h1-16H,17-18H2. The van der Waals surface area contributed by atoms with Crippen LogP contribution < -0.4 is 0 Å². The summed E-state index contributed by atoms with van der Waals surface area (Å²) in [5.74, 6) is 0. The predicted octanol–water partition coefficient (Wildman–Crippen LogP) is 5.33. The van der Waals surface area contributed by atoms with Gasteiger partial charge in [0.25, 0.3) is 0 Å². The lowest BCUT2D eigenvalue weighted by atomic mass is 9.98. The van der Waals surface area contributed by atoms with Crippen molar-refractivity contribution in [2.24, 2.45) is 0 Å². The van der Waals surface area contributed by atoms with Crippen LogP contribution in [0.1, 0.15) is 22.3 Å². The molecule has 0 fully saturated rings. The van der Waals surface area contributed by atoms with E-state index in [1.807, 2.05) is 24.8 Å². The molecule has 26 heavy (non-hydrogen) atoms. The van der Waals surface area contributed by atoms with Crippen LogP contribution in [0.5, 0.6) is 0 Å². The van der Waals surface area contributed by atoms with Crippen LogP contribution in [-0.2, 0) is 12.8 Å². The smallest absolute Gasteiger partial charge is 0.0270 e. The van der Waals surface area contributed by atoms with Crippen LogP contribution in [0.3, 0.4) is 0 Å². The van der Waals surface area contributed by atoms with E-state index in [1.165, 1.54) is 33.4 Å². The van der Waals surface area contributed by atoms with Crippen LogP contribution in [0.4, 0.5) is 0 Å². The first kappa shape index (κ1) is 16.2. The molecule has 2 aromatic heterocycles. The largest absolute Gasteiger partial charge is 0.265 e. The molecule has 2 nitrogen and oxygen atoms in total. The Hall–Kier alpha value is -3.26. The Bertz CT molecular complexity index is 861. The Morgan fingerprint density at radius 1 is 0.385 bits per heavy atom. The van der Waals surface area contributed by atoms with Gasteiger partial charge in [-0.2, -0.15) is 0 Å². The van der Waals surface area contributed by atoms with Gasteiger partial charge in [-0.3, -0.25) is 9.97 Å². The molecule has 2 heterocycles. The van der Waals surface area contributed by atoms with Crippen LogP contribution in [-0.4, -0.2) is 9.97 Å². The van der Waals surface area contributed by atoms with Gasteiger partial charge >= 0.3 is 0 Å². The van der Waals surface area contributed by atoms with E-state index >= 15 is 0 Å². The molecule has 0 bridgehead atoms. The SMILES string of the molecule is c1cc(Cc2ccc(-c3ccc(Cc4ccncc4)cc3)cc2)ccn1. The predicted molar refractivity (Wildman–Crippen MR) is 106 cm³/mol. The van der Waals surface area contributed by atoms with Crippen molar-refractivity contribution in [2.45, 2.75) is 12.8 Å². The van der Waals surface area contributed by atoms with Crippen molar-refractivity contribution in [1.82, 2.24) is 9.97 Å². The molecule has 0 aliphatic carbocycles. The number of pyridine rings is 2. The van der Waals surface area contributed by atoms with Crippen LogP contribution >= 0.6 is 0 Å². The van der Waals surface area contributed by atoms with Crippen molar-refractivity contribution >= 4 is 0 Å². The minimum Gasteiger partial charge on any atom is -0.265 e. The number of hydrogen-bond acceptors (Lipinski definition) is 2. The van der Waals surface area contributed by atoms with Gasteiger partial charge in [-0.05, 0) is 70.5 Å². The van der Waals surface area contributed by atoms with E-state index in [0.29, 0.717) is 0 Å². The van der Waals surface area contributed by atoms with Gasteiger partial charge < -0.3 is 0 Å². The maximum absolute atomic E-state index is 4.07. The van der Waals surface area contributed by atoms with E-state index in [1.54, 1.807) is 0 Å². The molecule has 0 radical (unpaired) electrons. The zero-order chi connectivity index (χ0) is 17.6. The molecule has 0 N–H and O–H groups in total. The Morgan fingerprint density at radius 3 is 1.04 bits per heavy atom. The molecule has 0 unspecified atom stereocenters. The zero-order valence-corrected chi connectivity index (χ0v) is 14.5. The molecule has 2 heteroatoms. The molecule has 4 aromatic rings. The second-order valence-corrected chi connectivity index (χ2v) is 6.46. The molecule has 0 atom stereocenters. The van der Waals surface area contributed by atoms with Crippen LogP contribution in [0.15, 0.2) is 97.6 Å². The van der Waals surface area contributed by atoms with Gasteiger partial charge in [0, 0.05) is 24.8 Å². The average molecular weight is 336 g/mol. The van der Waals surface area contributed by atoms with E-state index in [0.717, 1.165) is 12.8 Å². The van der Waals surface area contributed by atoms with Gasteiger partial charge in [-0.1, -0.05) is 48.5 Å². The first-order valence-electron chi connectivity index (χ1n) is 8.83. The summed E-state index contributed by atoms with van der Waals surface area (Å²) in [6.07, 6.45) is 9.25. The van der Waals surface area contributed by atoms with E-state index in [9.17, 15) is 0 Å². The normalized spacial score (nSPS) is 10.6. The van der Waals surface area contributed by atoms with E-state index in [-0.39, 0.29) is 0 Å². The average Bonchev–Trinajstić information content (AvgIpc) is 2.71. The lowest BCUT2D eigenvalue weighted by Crippen LogP contribution is -1.90. The number of rotatable bonds is 5. The van der Waals surface area contributed by atoms with Crippen LogP contribution in [0.2, 0.25) is 0 Å². The Morgan fingerprint density at radius 2 is 0.692 bits per heavy atom. The lowest BCUT2D eigenvalue weighted by Gasteiger charge is -2.07. The summed E-state index contributed by atoms with van der Waals surface area (Å²) in [5.41, 5.74) is 7.70. The highest BCUT2D eigenvalue weighted by Crippen LogP contribution is 2.22. The summed E-state index contributed by atoms with van der Waals surface area (Å²) in [5, 5.41) is 0. The van der Waals surface area contributed by atoms with Crippen molar-refractivity contribution in [3.05, 3.63) is 120 Å². The summed E-state index contributed by atoms with van der Waals surface area (Å²) >= 11 is 0. The number of aromatic nitrogens is 2. The van der Waals surface area contributed by atoms with E-state index in [4.69, 9.17) is 0 Å². The third-order valence-electron chi connectivity index (χ3n) is 4.56. The van der Waals surface area contributed by atoms with Gasteiger partial charge in [0.2, 0.25) is 0 Å². The van der Waals surface area contributed by atoms with Crippen molar-refractivity contribution in [3.63, 3.8) is 0 Å². The van der Waals surface area contributed by atoms with Gasteiger partial charge in [0.15, 0.2) is 0 Å².